The van der Waals surface area contributed by atoms with Crippen molar-refractivity contribution in [1.29, 1.82) is 0 Å². The van der Waals surface area contributed by atoms with Crippen molar-refractivity contribution < 1.29 is 26.3 Å². The van der Waals surface area contributed by atoms with E-state index < -0.39 is 51.0 Å². The molecule has 0 aliphatic carbocycles. The predicted molar refractivity (Wildman–Crippen MR) is 46.5 cm³/mol. The molecule has 17 heavy (non-hydrogen) atoms. The molecule has 1 aromatic heterocycles. The summed E-state index contributed by atoms with van der Waals surface area (Å²) < 4.78 is 78.0. The van der Waals surface area contributed by atoms with Crippen LogP contribution in [0.15, 0.2) is 0 Å². The summed E-state index contributed by atoms with van der Waals surface area (Å²) in [5.41, 5.74) is 0. The van der Waals surface area contributed by atoms with E-state index in [2.05, 4.69) is 4.98 Å². The van der Waals surface area contributed by atoms with Gasteiger partial charge in [-0.3, -0.25) is 0 Å². The smallest absolute Gasteiger partial charge is 0.204 e. The maximum absolute atomic E-state index is 13.2. The van der Waals surface area contributed by atoms with Crippen LogP contribution >= 0.6 is 11.6 Å². The van der Waals surface area contributed by atoms with Gasteiger partial charge < -0.3 is 0 Å². The summed E-state index contributed by atoms with van der Waals surface area (Å²) in [5, 5.41) is -3.57. The van der Waals surface area contributed by atoms with E-state index in [1.165, 1.54) is 0 Å². The van der Waals surface area contributed by atoms with Gasteiger partial charge in [0.25, 0.3) is 5.95 Å². The largest absolute Gasteiger partial charge is 0.251 e. The number of nitrogens with zero attached hydrogens (tertiary/aromatic N) is 1. The summed E-state index contributed by atoms with van der Waals surface area (Å²) in [5.74, 6) is -12.2. The Labute approximate surface area is 94.6 Å². The van der Waals surface area contributed by atoms with Gasteiger partial charge in [0.15, 0.2) is 29.1 Å². The average Bonchev–Trinajstić information content (AvgIpc) is 2.28. The maximum atomic E-state index is 13.2. The van der Waals surface area contributed by atoms with Crippen molar-refractivity contribution in [3.05, 3.63) is 40.2 Å². The number of fused-ring (bicyclic) bond motifs is 1. The van der Waals surface area contributed by atoms with E-state index in [1.807, 2.05) is 0 Å². The molecule has 8 heteroatoms. The zero-order valence-corrected chi connectivity index (χ0v) is 8.35. The number of halogens is 7. The van der Waals surface area contributed by atoms with E-state index in [4.69, 9.17) is 11.6 Å². The molecule has 0 amide bonds. The monoisotopic (exact) mass is 271 g/mol. The number of hydrogen-bond acceptors (Lipinski definition) is 1. The second-order valence-electron chi connectivity index (χ2n) is 3.01. The summed E-state index contributed by atoms with van der Waals surface area (Å²) in [7, 11) is 0. The van der Waals surface area contributed by atoms with Gasteiger partial charge in [-0.2, -0.15) is 4.39 Å². The highest BCUT2D eigenvalue weighted by Crippen LogP contribution is 2.33. The third-order valence-corrected chi connectivity index (χ3v) is 2.34. The van der Waals surface area contributed by atoms with Crippen LogP contribution in [0.4, 0.5) is 26.3 Å². The molecule has 1 aromatic carbocycles. The molecular weight excluding hydrogens is 272 g/mol. The normalized spacial score (nSPS) is 11.2. The molecule has 0 aliphatic heterocycles. The standard InChI is InChI=1S/C9ClF6N/c10-8-2-1(5(13)9(16)17-8)3(11)6(14)7(15)4(2)12. The van der Waals surface area contributed by atoms with Crippen molar-refractivity contribution in [2.24, 2.45) is 0 Å². The molecule has 1 heterocycles. The SMILES string of the molecule is Fc1nc(Cl)c2c(F)c(F)c(F)c(F)c2c1F. The van der Waals surface area contributed by atoms with Crippen molar-refractivity contribution in [3.8, 4) is 0 Å². The third-order valence-electron chi connectivity index (χ3n) is 2.07. The highest BCUT2D eigenvalue weighted by atomic mass is 35.5. The van der Waals surface area contributed by atoms with Crippen LogP contribution in [-0.4, -0.2) is 4.98 Å². The average molecular weight is 272 g/mol. The van der Waals surface area contributed by atoms with Gasteiger partial charge in [0.1, 0.15) is 5.15 Å². The number of rotatable bonds is 0. The maximum Gasteiger partial charge on any atom is 0.251 e. The molecular formula is C9ClF6N. The van der Waals surface area contributed by atoms with E-state index in [9.17, 15) is 26.3 Å². The van der Waals surface area contributed by atoms with Crippen molar-refractivity contribution >= 4 is 22.4 Å². The van der Waals surface area contributed by atoms with Gasteiger partial charge >= 0.3 is 0 Å². The van der Waals surface area contributed by atoms with Crippen molar-refractivity contribution in [1.82, 2.24) is 4.98 Å². The Morgan fingerprint density at radius 3 is 1.65 bits per heavy atom. The van der Waals surface area contributed by atoms with Crippen LogP contribution in [0.5, 0.6) is 0 Å². The zero-order valence-electron chi connectivity index (χ0n) is 7.59. The topological polar surface area (TPSA) is 12.9 Å². The molecule has 2 aromatic rings. The lowest BCUT2D eigenvalue weighted by atomic mass is 10.1. The second kappa shape index (κ2) is 3.76. The van der Waals surface area contributed by atoms with Crippen LogP contribution in [0.3, 0.4) is 0 Å². The third kappa shape index (κ3) is 1.53. The molecule has 0 N–H and O–H groups in total. The second-order valence-corrected chi connectivity index (χ2v) is 3.37. The summed E-state index contributed by atoms with van der Waals surface area (Å²) >= 11 is 5.22. The van der Waals surface area contributed by atoms with Crippen LogP contribution < -0.4 is 0 Å². The van der Waals surface area contributed by atoms with E-state index in [0.29, 0.717) is 0 Å². The molecule has 0 saturated heterocycles. The zero-order chi connectivity index (χ0) is 12.9. The summed E-state index contributed by atoms with van der Waals surface area (Å²) in [6.07, 6.45) is 0. The molecule has 0 aliphatic rings. The summed E-state index contributed by atoms with van der Waals surface area (Å²) in [4.78, 5) is 2.70. The van der Waals surface area contributed by atoms with E-state index in [0.717, 1.165) is 0 Å². The number of pyridine rings is 1. The fourth-order valence-corrected chi connectivity index (χ4v) is 1.58. The number of hydrogen-bond donors (Lipinski definition) is 0. The number of aromatic nitrogens is 1. The summed E-state index contributed by atoms with van der Waals surface area (Å²) in [6, 6.07) is 0. The van der Waals surface area contributed by atoms with Gasteiger partial charge in [0.05, 0.1) is 10.8 Å². The Bertz CT molecular complexity index is 642. The fraction of sp³-hybridized carbons (Fsp3) is 0. The predicted octanol–water partition coefficient (Wildman–Crippen LogP) is 3.72. The minimum absolute atomic E-state index is 1.01. The highest BCUT2D eigenvalue weighted by molar-refractivity contribution is 6.34. The van der Waals surface area contributed by atoms with Gasteiger partial charge in [-0.25, -0.2) is 26.9 Å². The lowest BCUT2D eigenvalue weighted by Crippen LogP contribution is -2.03. The molecule has 0 saturated carbocycles. The van der Waals surface area contributed by atoms with E-state index >= 15 is 0 Å². The van der Waals surface area contributed by atoms with Gasteiger partial charge in [0.2, 0.25) is 0 Å². The van der Waals surface area contributed by atoms with Gasteiger partial charge in [-0.15, -0.1) is 0 Å². The Morgan fingerprint density at radius 2 is 1.12 bits per heavy atom. The lowest BCUT2D eigenvalue weighted by Gasteiger charge is -2.07. The van der Waals surface area contributed by atoms with Crippen molar-refractivity contribution in [2.45, 2.75) is 0 Å². The molecule has 0 atom stereocenters. The van der Waals surface area contributed by atoms with Crippen LogP contribution in [0, 0.1) is 35.0 Å². The molecule has 0 bridgehead atoms. The van der Waals surface area contributed by atoms with Gasteiger partial charge in [-0.1, -0.05) is 11.6 Å². The van der Waals surface area contributed by atoms with E-state index in [-0.39, 0.29) is 0 Å². The molecule has 0 spiro atoms. The molecule has 2 rings (SSSR count). The minimum atomic E-state index is -2.25. The Kier molecular flexibility index (Phi) is 2.65. The fourth-order valence-electron chi connectivity index (χ4n) is 1.33. The molecule has 90 valence electrons. The number of benzene rings is 1. The molecule has 0 fully saturated rings. The first-order chi connectivity index (χ1) is 7.86. The van der Waals surface area contributed by atoms with Crippen LogP contribution in [0.2, 0.25) is 5.15 Å². The minimum Gasteiger partial charge on any atom is -0.204 e. The molecule has 0 radical (unpaired) electrons. The van der Waals surface area contributed by atoms with Crippen LogP contribution in [-0.2, 0) is 0 Å². The lowest BCUT2D eigenvalue weighted by molar-refractivity contribution is 0.413. The molecule has 0 unspecified atom stereocenters. The first-order valence-electron chi connectivity index (χ1n) is 4.02. The van der Waals surface area contributed by atoms with Gasteiger partial charge in [0, 0.05) is 0 Å². The first-order valence-corrected chi connectivity index (χ1v) is 4.40. The van der Waals surface area contributed by atoms with Crippen molar-refractivity contribution in [2.75, 3.05) is 0 Å². The Balaban J connectivity index is 3.17. The van der Waals surface area contributed by atoms with Gasteiger partial charge in [-0.05, 0) is 0 Å². The highest BCUT2D eigenvalue weighted by Gasteiger charge is 2.27. The Morgan fingerprint density at radius 1 is 0.647 bits per heavy atom. The van der Waals surface area contributed by atoms with Crippen LogP contribution in [0.1, 0.15) is 0 Å². The van der Waals surface area contributed by atoms with Crippen LogP contribution in [0.25, 0.3) is 10.8 Å². The summed E-state index contributed by atoms with van der Waals surface area (Å²) in [6.45, 7) is 0. The quantitative estimate of drug-likeness (QED) is 0.308. The first kappa shape index (κ1) is 12.0. The van der Waals surface area contributed by atoms with E-state index in [1.54, 1.807) is 0 Å². The Hall–Kier alpha value is -1.50. The van der Waals surface area contributed by atoms with Crippen molar-refractivity contribution in [3.63, 3.8) is 0 Å². The molecule has 1 nitrogen and oxygen atoms in total.